The molecule has 2 atom stereocenters. The van der Waals surface area contributed by atoms with Crippen molar-refractivity contribution >= 4 is 18.0 Å². The molecule has 4 rings (SSSR count). The van der Waals surface area contributed by atoms with E-state index in [9.17, 15) is 14.0 Å². The van der Waals surface area contributed by atoms with Gasteiger partial charge in [-0.05, 0) is 70.4 Å². The number of ether oxygens (including phenoxy) is 2. The van der Waals surface area contributed by atoms with E-state index in [0.717, 1.165) is 44.6 Å². The summed E-state index contributed by atoms with van der Waals surface area (Å²) in [6, 6.07) is 4.02. The van der Waals surface area contributed by atoms with Crippen molar-refractivity contribution in [1.29, 1.82) is 0 Å². The molecule has 0 radical (unpaired) electrons. The number of carbonyl (C=O) groups excluding carboxylic acids is 2. The van der Waals surface area contributed by atoms with Gasteiger partial charge in [-0.3, -0.25) is 4.79 Å². The van der Waals surface area contributed by atoms with Crippen LogP contribution < -0.4 is 15.0 Å². The van der Waals surface area contributed by atoms with Gasteiger partial charge in [0.15, 0.2) is 5.82 Å². The molecular weight excluding hydrogens is 560 g/mol. The molecule has 2 aliphatic rings. The van der Waals surface area contributed by atoms with E-state index in [1.807, 2.05) is 13.8 Å². The molecule has 3 heterocycles. The van der Waals surface area contributed by atoms with Crippen molar-refractivity contribution in [3.8, 4) is 5.75 Å². The number of amides is 2. The molecule has 1 aromatic carbocycles. The van der Waals surface area contributed by atoms with Crippen LogP contribution in [0, 0.1) is 11.7 Å². The summed E-state index contributed by atoms with van der Waals surface area (Å²) in [4.78, 5) is 33.6. The normalized spacial score (nSPS) is 18.7. The molecule has 1 aromatic heterocycles. The number of hydrogen-bond donors (Lipinski definition) is 1. The molecule has 0 saturated carbocycles. The highest BCUT2D eigenvalue weighted by molar-refractivity contribution is 5.86. The Balaban J connectivity index is 1.25. The lowest BCUT2D eigenvalue weighted by atomic mass is 9.92. The van der Waals surface area contributed by atoms with Crippen LogP contribution in [0.4, 0.5) is 19.6 Å². The zero-order valence-corrected chi connectivity index (χ0v) is 25.9. The van der Waals surface area contributed by atoms with Crippen molar-refractivity contribution in [3.05, 3.63) is 35.4 Å². The first-order valence-corrected chi connectivity index (χ1v) is 15.3. The summed E-state index contributed by atoms with van der Waals surface area (Å²) in [6.45, 7) is 11.6. The molecule has 0 aliphatic carbocycles. The van der Waals surface area contributed by atoms with Gasteiger partial charge in [0.05, 0.1) is 13.2 Å². The number of halogens is 2. The van der Waals surface area contributed by atoms with Gasteiger partial charge in [-0.15, -0.1) is 0 Å². The first kappa shape index (κ1) is 32.5. The highest BCUT2D eigenvalue weighted by atomic mass is 19.1. The van der Waals surface area contributed by atoms with Gasteiger partial charge in [-0.2, -0.15) is 4.98 Å². The van der Waals surface area contributed by atoms with Crippen LogP contribution in [0.15, 0.2) is 22.7 Å². The summed E-state index contributed by atoms with van der Waals surface area (Å²) in [7, 11) is 0. The van der Waals surface area contributed by atoms with Crippen LogP contribution >= 0.6 is 0 Å². The van der Waals surface area contributed by atoms with Crippen molar-refractivity contribution in [2.24, 2.45) is 5.92 Å². The van der Waals surface area contributed by atoms with Gasteiger partial charge in [0, 0.05) is 38.0 Å². The Kier molecular flexibility index (Phi) is 10.8. The quantitative estimate of drug-likeness (QED) is 0.339. The van der Waals surface area contributed by atoms with E-state index in [2.05, 4.69) is 20.4 Å². The topological polar surface area (TPSA) is 110 Å². The van der Waals surface area contributed by atoms with Gasteiger partial charge < -0.3 is 29.1 Å². The van der Waals surface area contributed by atoms with E-state index in [4.69, 9.17) is 14.0 Å². The van der Waals surface area contributed by atoms with E-state index >= 15 is 4.39 Å². The SMILES string of the molecule is CC(C)c1noc(N2CCC(CCCOc3ccc(CC(NC(=O)OC(C)(C)C)C(=O)N4CCC(F)C4)c(F)c3)CC2)n1. The monoisotopic (exact) mass is 605 g/mol. The Morgan fingerprint density at radius 1 is 1.16 bits per heavy atom. The molecule has 12 heteroatoms. The van der Waals surface area contributed by atoms with E-state index < -0.39 is 35.6 Å². The molecule has 238 valence electrons. The lowest BCUT2D eigenvalue weighted by molar-refractivity contribution is -0.132. The number of carbonyl (C=O) groups is 2. The second kappa shape index (κ2) is 14.4. The van der Waals surface area contributed by atoms with Crippen LogP contribution in [-0.4, -0.2) is 77.6 Å². The predicted octanol–water partition coefficient (Wildman–Crippen LogP) is 5.41. The van der Waals surface area contributed by atoms with Crippen molar-refractivity contribution < 1.29 is 32.4 Å². The summed E-state index contributed by atoms with van der Waals surface area (Å²) < 4.78 is 45.4. The number of benzene rings is 1. The van der Waals surface area contributed by atoms with Crippen molar-refractivity contribution in [2.45, 2.75) is 96.9 Å². The summed E-state index contributed by atoms with van der Waals surface area (Å²) in [5.74, 6) is 0.920. The molecule has 2 saturated heterocycles. The van der Waals surface area contributed by atoms with Gasteiger partial charge >= 0.3 is 12.1 Å². The number of likely N-dealkylation sites (tertiary alicyclic amines) is 1. The molecule has 43 heavy (non-hydrogen) atoms. The average molecular weight is 606 g/mol. The number of piperidine rings is 1. The number of nitrogens with zero attached hydrogens (tertiary/aromatic N) is 4. The Bertz CT molecular complexity index is 1230. The van der Waals surface area contributed by atoms with E-state index in [0.29, 0.717) is 24.3 Å². The summed E-state index contributed by atoms with van der Waals surface area (Å²) >= 11 is 0. The molecule has 2 amide bonds. The maximum absolute atomic E-state index is 15.1. The minimum absolute atomic E-state index is 0.0441. The van der Waals surface area contributed by atoms with Crippen LogP contribution in [0.5, 0.6) is 5.75 Å². The maximum atomic E-state index is 15.1. The van der Waals surface area contributed by atoms with E-state index in [1.165, 1.54) is 11.0 Å². The largest absolute Gasteiger partial charge is 0.493 e. The average Bonchev–Trinajstić information content (AvgIpc) is 3.61. The van der Waals surface area contributed by atoms with Gasteiger partial charge in [0.25, 0.3) is 0 Å². The maximum Gasteiger partial charge on any atom is 0.408 e. The number of alkyl halides is 1. The number of nitrogens with one attached hydrogen (secondary N) is 1. The van der Waals surface area contributed by atoms with Crippen molar-refractivity contribution in [3.63, 3.8) is 0 Å². The van der Waals surface area contributed by atoms with Gasteiger partial charge in [-0.1, -0.05) is 25.1 Å². The third kappa shape index (κ3) is 9.53. The highest BCUT2D eigenvalue weighted by Gasteiger charge is 2.33. The summed E-state index contributed by atoms with van der Waals surface area (Å²) in [6.07, 6.45) is 2.15. The van der Waals surface area contributed by atoms with Crippen LogP contribution in [0.1, 0.15) is 84.0 Å². The standard InChI is InChI=1S/C31H45F2N5O5/c1-20(2)27-35-29(43-36-27)37-13-10-21(11-14-37)7-6-16-41-24-9-8-22(25(33)18-24)17-26(34-30(40)42-31(3,4)5)28(39)38-15-12-23(32)19-38/h8-9,18,20-21,23,26H,6-7,10-17,19H2,1-5H3,(H,34,40). The molecule has 2 aliphatic heterocycles. The second-order valence-corrected chi connectivity index (χ2v) is 12.8. The summed E-state index contributed by atoms with van der Waals surface area (Å²) in [5, 5.41) is 6.61. The highest BCUT2D eigenvalue weighted by Crippen LogP contribution is 2.27. The van der Waals surface area contributed by atoms with E-state index in [1.54, 1.807) is 32.9 Å². The molecule has 2 unspecified atom stereocenters. The summed E-state index contributed by atoms with van der Waals surface area (Å²) in [5.41, 5.74) is -0.532. The Morgan fingerprint density at radius 2 is 1.91 bits per heavy atom. The predicted molar refractivity (Wildman–Crippen MR) is 157 cm³/mol. The second-order valence-electron chi connectivity index (χ2n) is 12.8. The molecule has 0 bridgehead atoms. The van der Waals surface area contributed by atoms with E-state index in [-0.39, 0.29) is 37.4 Å². The Morgan fingerprint density at radius 3 is 2.51 bits per heavy atom. The van der Waals surface area contributed by atoms with Crippen LogP contribution in [0.3, 0.4) is 0 Å². The van der Waals surface area contributed by atoms with Gasteiger partial charge in [0.1, 0.15) is 29.4 Å². The molecule has 1 N–H and O–H groups in total. The van der Waals surface area contributed by atoms with Crippen LogP contribution in [0.25, 0.3) is 0 Å². The lowest BCUT2D eigenvalue weighted by Crippen LogP contribution is -2.50. The molecular formula is C31H45F2N5O5. The number of anilines is 1. The minimum atomic E-state index is -1.11. The van der Waals surface area contributed by atoms with Crippen molar-refractivity contribution in [1.82, 2.24) is 20.4 Å². The van der Waals surface area contributed by atoms with Gasteiger partial charge in [-0.25, -0.2) is 13.6 Å². The number of hydrogen-bond acceptors (Lipinski definition) is 8. The third-order valence-electron chi connectivity index (χ3n) is 7.74. The van der Waals surface area contributed by atoms with Crippen LogP contribution in [0.2, 0.25) is 0 Å². The zero-order chi connectivity index (χ0) is 31.1. The number of alkyl carbamates (subject to hydrolysis) is 1. The fraction of sp³-hybridized carbons (Fsp3) is 0.677. The smallest absolute Gasteiger partial charge is 0.408 e. The van der Waals surface area contributed by atoms with Gasteiger partial charge in [0.2, 0.25) is 5.91 Å². The van der Waals surface area contributed by atoms with Crippen LogP contribution in [-0.2, 0) is 16.0 Å². The molecule has 10 nitrogen and oxygen atoms in total. The molecule has 2 fully saturated rings. The Labute approximate surface area is 252 Å². The number of rotatable bonds is 11. The first-order valence-electron chi connectivity index (χ1n) is 15.3. The Hall–Kier alpha value is -3.44. The minimum Gasteiger partial charge on any atom is -0.493 e. The fourth-order valence-corrected chi connectivity index (χ4v) is 5.36. The fourth-order valence-electron chi connectivity index (χ4n) is 5.36. The first-order chi connectivity index (χ1) is 20.4. The number of aromatic nitrogens is 2. The lowest BCUT2D eigenvalue weighted by Gasteiger charge is -2.30. The molecule has 2 aromatic rings. The third-order valence-corrected chi connectivity index (χ3v) is 7.74. The van der Waals surface area contributed by atoms with Crippen molar-refractivity contribution in [2.75, 3.05) is 37.7 Å². The zero-order valence-electron chi connectivity index (χ0n) is 25.9. The molecule has 0 spiro atoms.